The van der Waals surface area contributed by atoms with E-state index in [1.807, 2.05) is 41.1 Å². The van der Waals surface area contributed by atoms with Crippen LogP contribution in [0.3, 0.4) is 0 Å². The number of rotatable bonds is 12. The second kappa shape index (κ2) is 12.6. The Morgan fingerprint density at radius 3 is 2.44 bits per heavy atom. The summed E-state index contributed by atoms with van der Waals surface area (Å²) in [7, 11) is 0. The van der Waals surface area contributed by atoms with E-state index in [1.54, 1.807) is 12.1 Å². The average molecular weight is 488 g/mol. The van der Waals surface area contributed by atoms with E-state index in [-0.39, 0.29) is 11.3 Å². The molecule has 0 bridgehead atoms. The molecule has 0 saturated heterocycles. The Hall–Kier alpha value is -3.28. The number of aromatic carboxylic acids is 1. The second-order valence-electron chi connectivity index (χ2n) is 9.99. The molecule has 1 heterocycles. The van der Waals surface area contributed by atoms with Gasteiger partial charge in [0.25, 0.3) is 0 Å². The Morgan fingerprint density at radius 2 is 1.72 bits per heavy atom. The monoisotopic (exact) mass is 487 g/mol. The molecule has 1 fully saturated rings. The third kappa shape index (κ3) is 6.68. The SMILES string of the molecule is CCCCCCn1nc(C(=O)CC2CCCCC2)nc1Cc1ccc(-c2ccccc2C(=O)O)cc1. The van der Waals surface area contributed by atoms with Crippen molar-refractivity contribution < 1.29 is 14.7 Å². The normalized spacial score (nSPS) is 14.1. The zero-order valence-corrected chi connectivity index (χ0v) is 21.3. The molecule has 0 amide bonds. The molecule has 6 nitrogen and oxygen atoms in total. The smallest absolute Gasteiger partial charge is 0.336 e. The number of benzene rings is 2. The number of aryl methyl sites for hydroxylation is 1. The molecule has 0 radical (unpaired) electrons. The highest BCUT2D eigenvalue weighted by Crippen LogP contribution is 2.28. The summed E-state index contributed by atoms with van der Waals surface area (Å²) in [5, 5.41) is 14.2. The lowest BCUT2D eigenvalue weighted by molar-refractivity contribution is 0.0697. The van der Waals surface area contributed by atoms with Crippen molar-refractivity contribution in [1.82, 2.24) is 14.8 Å². The average Bonchev–Trinajstić information content (AvgIpc) is 3.30. The zero-order chi connectivity index (χ0) is 25.3. The lowest BCUT2D eigenvalue weighted by Gasteiger charge is -2.19. The molecule has 190 valence electrons. The van der Waals surface area contributed by atoms with Crippen molar-refractivity contribution >= 4 is 11.8 Å². The molecule has 0 spiro atoms. The molecule has 36 heavy (non-hydrogen) atoms. The van der Waals surface area contributed by atoms with Gasteiger partial charge < -0.3 is 5.11 Å². The maximum Gasteiger partial charge on any atom is 0.336 e. The van der Waals surface area contributed by atoms with Crippen LogP contribution in [0.1, 0.15) is 103 Å². The molecule has 4 rings (SSSR count). The van der Waals surface area contributed by atoms with Gasteiger partial charge >= 0.3 is 5.97 Å². The summed E-state index contributed by atoms with van der Waals surface area (Å²) < 4.78 is 1.93. The second-order valence-corrected chi connectivity index (χ2v) is 9.99. The van der Waals surface area contributed by atoms with Crippen molar-refractivity contribution in [1.29, 1.82) is 0 Å². The standard InChI is InChI=1S/C30H37N3O3/c1-2-3-4-10-19-33-28(31-29(32-33)27(34)20-22-11-6-5-7-12-22)21-23-15-17-24(18-16-23)25-13-8-9-14-26(25)30(35)36/h8-9,13-18,22H,2-7,10-12,19-21H2,1H3,(H,35,36). The zero-order valence-electron chi connectivity index (χ0n) is 21.3. The van der Waals surface area contributed by atoms with Crippen LogP contribution in [-0.4, -0.2) is 31.6 Å². The predicted octanol–water partition coefficient (Wildman–Crippen LogP) is 6.97. The van der Waals surface area contributed by atoms with Crippen LogP contribution in [0.4, 0.5) is 0 Å². The van der Waals surface area contributed by atoms with Crippen LogP contribution >= 0.6 is 0 Å². The Kier molecular flexibility index (Phi) is 9.04. The summed E-state index contributed by atoms with van der Waals surface area (Å²) >= 11 is 0. The fourth-order valence-electron chi connectivity index (χ4n) is 5.14. The summed E-state index contributed by atoms with van der Waals surface area (Å²) in [5.41, 5.74) is 2.91. The van der Waals surface area contributed by atoms with Crippen molar-refractivity contribution in [3.05, 3.63) is 71.3 Å². The number of nitrogens with zero attached hydrogens (tertiary/aromatic N) is 3. The van der Waals surface area contributed by atoms with Gasteiger partial charge in [0, 0.05) is 19.4 Å². The van der Waals surface area contributed by atoms with E-state index >= 15 is 0 Å². The number of carbonyl (C=O) groups is 2. The molecule has 1 aliphatic carbocycles. The maximum atomic E-state index is 13.0. The highest BCUT2D eigenvalue weighted by molar-refractivity contribution is 5.96. The molecular formula is C30H37N3O3. The van der Waals surface area contributed by atoms with Crippen LogP contribution in [0.5, 0.6) is 0 Å². The molecule has 0 unspecified atom stereocenters. The summed E-state index contributed by atoms with van der Waals surface area (Å²) in [6, 6.07) is 15.0. The molecule has 2 aromatic carbocycles. The minimum Gasteiger partial charge on any atom is -0.478 e. The predicted molar refractivity (Wildman–Crippen MR) is 141 cm³/mol. The van der Waals surface area contributed by atoms with Gasteiger partial charge in [-0.25, -0.2) is 14.5 Å². The first kappa shape index (κ1) is 25.8. The van der Waals surface area contributed by atoms with E-state index in [0.29, 0.717) is 30.1 Å². The fraction of sp³-hybridized carbons (Fsp3) is 0.467. The lowest BCUT2D eigenvalue weighted by Crippen LogP contribution is -2.13. The number of carboxylic acid groups (broad SMARTS) is 1. The van der Waals surface area contributed by atoms with Gasteiger partial charge in [0.15, 0.2) is 0 Å². The van der Waals surface area contributed by atoms with Crippen molar-refractivity contribution in [2.24, 2.45) is 5.92 Å². The molecular weight excluding hydrogens is 450 g/mol. The number of ketones is 1. The van der Waals surface area contributed by atoms with Gasteiger partial charge in [0.05, 0.1) is 5.56 Å². The summed E-state index contributed by atoms with van der Waals surface area (Å²) in [5.74, 6) is 0.773. The van der Waals surface area contributed by atoms with Gasteiger partial charge in [0.2, 0.25) is 11.6 Å². The largest absolute Gasteiger partial charge is 0.478 e. The van der Waals surface area contributed by atoms with Gasteiger partial charge in [-0.15, -0.1) is 5.10 Å². The van der Waals surface area contributed by atoms with Crippen LogP contribution in [0.15, 0.2) is 48.5 Å². The first-order valence-corrected chi connectivity index (χ1v) is 13.4. The molecule has 3 aromatic rings. The Bertz CT molecular complexity index is 1160. The lowest BCUT2D eigenvalue weighted by atomic mass is 9.86. The number of Topliss-reactive ketones (excluding diaryl/α,β-unsaturated/α-hetero) is 1. The van der Waals surface area contributed by atoms with Crippen LogP contribution in [0.2, 0.25) is 0 Å². The van der Waals surface area contributed by atoms with Gasteiger partial charge in [0.1, 0.15) is 5.82 Å². The summed E-state index contributed by atoms with van der Waals surface area (Å²) in [4.78, 5) is 29.3. The van der Waals surface area contributed by atoms with Crippen molar-refractivity contribution in [2.45, 2.75) is 84.1 Å². The quantitative estimate of drug-likeness (QED) is 0.220. The molecule has 0 aliphatic heterocycles. The van der Waals surface area contributed by atoms with Crippen molar-refractivity contribution in [3.63, 3.8) is 0 Å². The minimum atomic E-state index is -0.934. The van der Waals surface area contributed by atoms with Crippen LogP contribution in [-0.2, 0) is 13.0 Å². The summed E-state index contributed by atoms with van der Waals surface area (Å²) in [6.45, 7) is 2.96. The van der Waals surface area contributed by atoms with Crippen LogP contribution in [0, 0.1) is 5.92 Å². The number of aromatic nitrogens is 3. The van der Waals surface area contributed by atoms with Crippen LogP contribution < -0.4 is 0 Å². The first-order chi connectivity index (χ1) is 17.5. The van der Waals surface area contributed by atoms with E-state index < -0.39 is 5.97 Å². The summed E-state index contributed by atoms with van der Waals surface area (Å²) in [6.07, 6.45) is 11.6. The molecule has 1 aliphatic rings. The fourth-order valence-corrected chi connectivity index (χ4v) is 5.14. The molecule has 0 atom stereocenters. The van der Waals surface area contributed by atoms with E-state index in [1.165, 1.54) is 32.1 Å². The van der Waals surface area contributed by atoms with E-state index in [0.717, 1.165) is 49.2 Å². The van der Waals surface area contributed by atoms with Crippen molar-refractivity contribution in [3.8, 4) is 11.1 Å². The van der Waals surface area contributed by atoms with E-state index in [4.69, 9.17) is 4.98 Å². The topological polar surface area (TPSA) is 85.1 Å². The van der Waals surface area contributed by atoms with Gasteiger partial charge in [-0.1, -0.05) is 101 Å². The number of hydrogen-bond acceptors (Lipinski definition) is 4. The number of unbranched alkanes of at least 4 members (excludes halogenated alkanes) is 3. The molecule has 1 aromatic heterocycles. The number of hydrogen-bond donors (Lipinski definition) is 1. The van der Waals surface area contributed by atoms with Crippen molar-refractivity contribution in [2.75, 3.05) is 0 Å². The highest BCUT2D eigenvalue weighted by Gasteiger charge is 2.22. The molecule has 1 N–H and O–H groups in total. The van der Waals surface area contributed by atoms with E-state index in [9.17, 15) is 14.7 Å². The number of carboxylic acids is 1. The van der Waals surface area contributed by atoms with Gasteiger partial charge in [-0.2, -0.15) is 0 Å². The Morgan fingerprint density at radius 1 is 0.972 bits per heavy atom. The Balaban J connectivity index is 1.51. The first-order valence-electron chi connectivity index (χ1n) is 13.4. The van der Waals surface area contributed by atoms with E-state index in [2.05, 4.69) is 12.0 Å². The maximum absolute atomic E-state index is 13.0. The molecule has 1 saturated carbocycles. The number of carbonyl (C=O) groups excluding carboxylic acids is 1. The third-order valence-corrected chi connectivity index (χ3v) is 7.20. The third-order valence-electron chi connectivity index (χ3n) is 7.20. The Labute approximate surface area is 213 Å². The minimum absolute atomic E-state index is 0.0658. The van der Waals surface area contributed by atoms with Gasteiger partial charge in [-0.3, -0.25) is 4.79 Å². The van der Waals surface area contributed by atoms with Gasteiger partial charge in [-0.05, 0) is 35.1 Å². The highest BCUT2D eigenvalue weighted by atomic mass is 16.4. The van der Waals surface area contributed by atoms with Crippen LogP contribution in [0.25, 0.3) is 11.1 Å². The molecule has 6 heteroatoms.